The molecule has 1 aliphatic rings. The molecule has 3 aromatic rings. The Morgan fingerprint density at radius 1 is 1.00 bits per heavy atom. The van der Waals surface area contributed by atoms with Crippen molar-refractivity contribution in [3.8, 4) is 11.3 Å². The number of carbonyl (C=O) groups is 4. The first kappa shape index (κ1) is 19.8. The monoisotopic (exact) mass is 415 g/mol. The van der Waals surface area contributed by atoms with Crippen molar-refractivity contribution in [3.63, 3.8) is 0 Å². The average Bonchev–Trinajstić information content (AvgIpc) is 3.21. The molecule has 1 aromatic heterocycles. The third-order valence-corrected chi connectivity index (χ3v) is 4.78. The zero-order valence-electron chi connectivity index (χ0n) is 16.2. The zero-order chi connectivity index (χ0) is 22.1. The molecule has 154 valence electrons. The number of aromatic carboxylic acids is 1. The molecule has 2 heterocycles. The number of imide groups is 2. The number of carbonyl (C=O) groups excluding carboxylic acids is 4. The van der Waals surface area contributed by atoms with Gasteiger partial charge in [0.1, 0.15) is 17.1 Å². The molecular formula is C23H15N2O6-. The largest absolute Gasteiger partial charge is 0.545 e. The summed E-state index contributed by atoms with van der Waals surface area (Å²) in [5.41, 5.74) is 0.976. The Morgan fingerprint density at radius 2 is 1.71 bits per heavy atom. The van der Waals surface area contributed by atoms with Gasteiger partial charge in [-0.2, -0.15) is 0 Å². The summed E-state index contributed by atoms with van der Waals surface area (Å²) in [6.45, 7) is 1.74. The maximum atomic E-state index is 13.0. The van der Waals surface area contributed by atoms with Crippen LogP contribution in [0.5, 0.6) is 0 Å². The Hall–Kier alpha value is -4.46. The van der Waals surface area contributed by atoms with E-state index in [0.717, 1.165) is 4.90 Å². The number of hydrogen-bond acceptors (Lipinski definition) is 6. The number of para-hydroxylation sites is 1. The Bertz CT molecular complexity index is 1270. The van der Waals surface area contributed by atoms with Gasteiger partial charge in [-0.15, -0.1) is 0 Å². The number of nitrogens with one attached hydrogen (secondary N) is 1. The lowest BCUT2D eigenvalue weighted by Gasteiger charge is -2.27. The number of barbiturate groups is 1. The van der Waals surface area contributed by atoms with Crippen LogP contribution in [0.4, 0.5) is 10.5 Å². The van der Waals surface area contributed by atoms with E-state index in [-0.39, 0.29) is 22.7 Å². The minimum atomic E-state index is -1.36. The van der Waals surface area contributed by atoms with Crippen molar-refractivity contribution in [1.82, 2.24) is 5.32 Å². The quantitative estimate of drug-likeness (QED) is 0.516. The fourth-order valence-electron chi connectivity index (χ4n) is 3.28. The number of amides is 4. The summed E-state index contributed by atoms with van der Waals surface area (Å²) in [6.07, 6.45) is 1.21. The Labute approximate surface area is 176 Å². The van der Waals surface area contributed by atoms with Gasteiger partial charge >= 0.3 is 6.03 Å². The number of carboxylic acids is 1. The van der Waals surface area contributed by atoms with Gasteiger partial charge in [0.15, 0.2) is 0 Å². The Morgan fingerprint density at radius 3 is 2.45 bits per heavy atom. The lowest BCUT2D eigenvalue weighted by Crippen LogP contribution is -2.54. The molecule has 0 spiro atoms. The number of aryl methyl sites for hydroxylation is 1. The van der Waals surface area contributed by atoms with Crippen LogP contribution in [0.25, 0.3) is 17.4 Å². The van der Waals surface area contributed by atoms with Gasteiger partial charge in [0, 0.05) is 11.1 Å². The van der Waals surface area contributed by atoms with Gasteiger partial charge in [-0.05, 0) is 36.8 Å². The normalized spacial score (nSPS) is 15.3. The Balaban J connectivity index is 1.71. The molecule has 1 N–H and O–H groups in total. The maximum absolute atomic E-state index is 13.0. The highest BCUT2D eigenvalue weighted by Crippen LogP contribution is 2.28. The molecule has 31 heavy (non-hydrogen) atoms. The number of benzene rings is 2. The lowest BCUT2D eigenvalue weighted by atomic mass is 10.1. The van der Waals surface area contributed by atoms with E-state index in [4.69, 9.17) is 4.42 Å². The summed E-state index contributed by atoms with van der Waals surface area (Å²) in [5, 5.41) is 13.5. The molecule has 0 aliphatic carbocycles. The van der Waals surface area contributed by atoms with E-state index in [1.54, 1.807) is 49.4 Å². The highest BCUT2D eigenvalue weighted by atomic mass is 16.4. The van der Waals surface area contributed by atoms with Crippen molar-refractivity contribution >= 4 is 35.6 Å². The number of nitrogens with zero attached hydrogens (tertiary/aromatic N) is 1. The van der Waals surface area contributed by atoms with Gasteiger partial charge in [0.25, 0.3) is 11.8 Å². The van der Waals surface area contributed by atoms with Crippen LogP contribution >= 0.6 is 0 Å². The summed E-state index contributed by atoms with van der Waals surface area (Å²) in [6, 6.07) is 15.1. The van der Waals surface area contributed by atoms with Gasteiger partial charge < -0.3 is 14.3 Å². The van der Waals surface area contributed by atoms with Crippen molar-refractivity contribution in [3.05, 3.63) is 83.1 Å². The van der Waals surface area contributed by atoms with Crippen molar-refractivity contribution in [2.45, 2.75) is 6.92 Å². The predicted molar refractivity (Wildman–Crippen MR) is 109 cm³/mol. The van der Waals surface area contributed by atoms with Gasteiger partial charge in [-0.1, -0.05) is 42.5 Å². The molecule has 0 unspecified atom stereocenters. The fraction of sp³-hybridized carbons (Fsp3) is 0.0435. The summed E-state index contributed by atoms with van der Waals surface area (Å²) in [7, 11) is 0. The highest BCUT2D eigenvalue weighted by molar-refractivity contribution is 6.39. The van der Waals surface area contributed by atoms with Crippen LogP contribution in [0.1, 0.15) is 21.7 Å². The van der Waals surface area contributed by atoms with E-state index in [0.29, 0.717) is 16.8 Å². The summed E-state index contributed by atoms with van der Waals surface area (Å²) in [4.78, 5) is 49.8. The minimum Gasteiger partial charge on any atom is -0.545 e. The standard InChI is InChI=1S/C23H16N2O6/c1-13-6-2-5-9-18(13)25-21(27)17(20(26)24-23(25)30)12-14-10-11-19(31-14)15-7-3-4-8-16(15)22(28)29/h2-12H,1H3,(H,28,29)(H,24,26,30)/p-1/b17-12+. The second kappa shape index (κ2) is 7.75. The van der Waals surface area contributed by atoms with E-state index in [9.17, 15) is 24.3 Å². The fourth-order valence-corrected chi connectivity index (χ4v) is 3.28. The summed E-state index contributed by atoms with van der Waals surface area (Å²) < 4.78 is 5.65. The molecule has 0 radical (unpaired) electrons. The molecule has 8 heteroatoms. The van der Waals surface area contributed by atoms with Crippen molar-refractivity contribution in [2.75, 3.05) is 4.90 Å². The Kier molecular flexibility index (Phi) is 4.96. The van der Waals surface area contributed by atoms with Gasteiger partial charge in [0.05, 0.1) is 11.7 Å². The van der Waals surface area contributed by atoms with Crippen LogP contribution in [0.15, 0.2) is 70.7 Å². The van der Waals surface area contributed by atoms with Crippen LogP contribution in [-0.4, -0.2) is 23.8 Å². The molecule has 1 fully saturated rings. The molecule has 8 nitrogen and oxygen atoms in total. The topological polar surface area (TPSA) is 120 Å². The summed E-state index contributed by atoms with van der Waals surface area (Å²) >= 11 is 0. The molecule has 1 aliphatic heterocycles. The van der Waals surface area contributed by atoms with E-state index in [1.807, 2.05) is 0 Å². The van der Waals surface area contributed by atoms with Gasteiger partial charge in [0.2, 0.25) is 0 Å². The zero-order valence-corrected chi connectivity index (χ0v) is 16.2. The molecule has 4 amide bonds. The van der Waals surface area contributed by atoms with Crippen molar-refractivity contribution in [1.29, 1.82) is 0 Å². The molecular weight excluding hydrogens is 400 g/mol. The molecule has 0 atom stereocenters. The number of carboxylic acid groups (broad SMARTS) is 1. The third-order valence-electron chi connectivity index (χ3n) is 4.78. The first-order valence-corrected chi connectivity index (χ1v) is 9.24. The molecule has 2 aromatic carbocycles. The van der Waals surface area contributed by atoms with Crippen LogP contribution in [-0.2, 0) is 9.59 Å². The number of furan rings is 1. The molecule has 4 rings (SSSR count). The second-order valence-corrected chi connectivity index (χ2v) is 6.78. The summed E-state index contributed by atoms with van der Waals surface area (Å²) in [5.74, 6) is -2.65. The van der Waals surface area contributed by atoms with E-state index < -0.39 is 23.8 Å². The number of hydrogen-bond donors (Lipinski definition) is 1. The maximum Gasteiger partial charge on any atom is 0.335 e. The minimum absolute atomic E-state index is 0.0566. The molecule has 1 saturated heterocycles. The van der Waals surface area contributed by atoms with E-state index in [1.165, 1.54) is 24.3 Å². The number of rotatable bonds is 4. The first-order chi connectivity index (χ1) is 14.9. The van der Waals surface area contributed by atoms with Gasteiger partial charge in [-0.3, -0.25) is 14.9 Å². The number of anilines is 1. The SMILES string of the molecule is Cc1ccccc1N1C(=O)NC(=O)/C(=C\c2ccc(-c3ccccc3C(=O)[O-])o2)C1=O. The van der Waals surface area contributed by atoms with Crippen LogP contribution in [0, 0.1) is 6.92 Å². The van der Waals surface area contributed by atoms with Gasteiger partial charge in [-0.25, -0.2) is 9.69 Å². The van der Waals surface area contributed by atoms with Crippen LogP contribution in [0.2, 0.25) is 0 Å². The second-order valence-electron chi connectivity index (χ2n) is 6.78. The van der Waals surface area contributed by atoms with Crippen molar-refractivity contribution < 1.29 is 28.7 Å². The average molecular weight is 415 g/mol. The van der Waals surface area contributed by atoms with E-state index in [2.05, 4.69) is 5.32 Å². The highest BCUT2D eigenvalue weighted by Gasteiger charge is 2.37. The first-order valence-electron chi connectivity index (χ1n) is 9.24. The third kappa shape index (κ3) is 3.62. The van der Waals surface area contributed by atoms with Crippen molar-refractivity contribution in [2.24, 2.45) is 0 Å². The smallest absolute Gasteiger partial charge is 0.335 e. The molecule has 0 saturated carbocycles. The van der Waals surface area contributed by atoms with E-state index >= 15 is 0 Å². The lowest BCUT2D eigenvalue weighted by molar-refractivity contribution is -0.255. The number of urea groups is 1. The van der Waals surface area contributed by atoms with Crippen LogP contribution < -0.4 is 15.3 Å². The van der Waals surface area contributed by atoms with Crippen LogP contribution in [0.3, 0.4) is 0 Å². The molecule has 0 bridgehead atoms. The predicted octanol–water partition coefficient (Wildman–Crippen LogP) is 2.28.